The summed E-state index contributed by atoms with van der Waals surface area (Å²) in [5.41, 5.74) is 3.91. The monoisotopic (exact) mass is 480 g/mol. The fourth-order valence-corrected chi connectivity index (χ4v) is 4.68. The van der Waals surface area contributed by atoms with Gasteiger partial charge in [-0.25, -0.2) is 4.99 Å². The number of nitrogens with one attached hydrogen (secondary N) is 1. The smallest absolute Gasteiger partial charge is 0.264 e. The van der Waals surface area contributed by atoms with Crippen molar-refractivity contribution in [2.75, 3.05) is 7.11 Å². The number of amidine groups is 1. The summed E-state index contributed by atoms with van der Waals surface area (Å²) in [6, 6.07) is 28.0. The Hall–Kier alpha value is -4.03. The molecule has 0 radical (unpaired) electrons. The summed E-state index contributed by atoms with van der Waals surface area (Å²) >= 11 is 1.32. The number of fused-ring (bicyclic) bond motifs is 1. The zero-order chi connectivity index (χ0) is 24.2. The van der Waals surface area contributed by atoms with E-state index in [1.54, 1.807) is 7.11 Å². The highest BCUT2D eigenvalue weighted by atomic mass is 32.2. The minimum atomic E-state index is -0.170. The largest absolute Gasteiger partial charge is 0.493 e. The molecule has 0 saturated carbocycles. The van der Waals surface area contributed by atoms with Crippen LogP contribution in [-0.4, -0.2) is 18.2 Å². The maximum Gasteiger partial charge on any atom is 0.264 e. The number of ether oxygens (including phenoxy) is 2. The van der Waals surface area contributed by atoms with Gasteiger partial charge in [0.05, 0.1) is 17.7 Å². The second-order valence-corrected chi connectivity index (χ2v) is 9.19. The van der Waals surface area contributed by atoms with Gasteiger partial charge in [0.1, 0.15) is 6.61 Å². The molecule has 5 nitrogen and oxygen atoms in total. The zero-order valence-corrected chi connectivity index (χ0v) is 20.3. The molecule has 1 N–H and O–H groups in total. The number of aliphatic imine (C=N–C) groups is 1. The van der Waals surface area contributed by atoms with Crippen LogP contribution in [0.2, 0.25) is 0 Å². The Morgan fingerprint density at radius 2 is 1.74 bits per heavy atom. The van der Waals surface area contributed by atoms with E-state index in [2.05, 4.69) is 34.6 Å². The summed E-state index contributed by atoms with van der Waals surface area (Å²) in [6.07, 6.45) is 1.83. The Morgan fingerprint density at radius 3 is 2.57 bits per heavy atom. The van der Waals surface area contributed by atoms with Crippen LogP contribution in [0.3, 0.4) is 0 Å². The Labute approximate surface area is 208 Å². The molecule has 0 bridgehead atoms. The van der Waals surface area contributed by atoms with E-state index < -0.39 is 0 Å². The van der Waals surface area contributed by atoms with Crippen molar-refractivity contribution in [1.82, 2.24) is 5.32 Å². The molecule has 6 heteroatoms. The van der Waals surface area contributed by atoms with E-state index in [0.717, 1.165) is 22.4 Å². The second-order valence-electron chi connectivity index (χ2n) is 8.15. The minimum Gasteiger partial charge on any atom is -0.493 e. The van der Waals surface area contributed by atoms with Gasteiger partial charge in [-0.3, -0.25) is 4.79 Å². The molecule has 5 rings (SSSR count). The van der Waals surface area contributed by atoms with Crippen molar-refractivity contribution >= 4 is 45.4 Å². The number of hydrogen-bond donors (Lipinski definition) is 1. The predicted octanol–water partition coefficient (Wildman–Crippen LogP) is 6.63. The van der Waals surface area contributed by atoms with E-state index in [1.807, 2.05) is 73.7 Å². The lowest BCUT2D eigenvalue weighted by atomic mass is 10.1. The molecular formula is C29H24N2O3S. The molecule has 1 aliphatic rings. The molecule has 1 heterocycles. The van der Waals surface area contributed by atoms with Crippen LogP contribution in [0.4, 0.5) is 5.69 Å². The summed E-state index contributed by atoms with van der Waals surface area (Å²) in [6.45, 7) is 2.45. The molecule has 0 spiro atoms. The molecule has 0 aliphatic carbocycles. The number of thioether (sulfide) groups is 1. The van der Waals surface area contributed by atoms with E-state index in [4.69, 9.17) is 9.47 Å². The Morgan fingerprint density at radius 1 is 0.943 bits per heavy atom. The average molecular weight is 481 g/mol. The van der Waals surface area contributed by atoms with Crippen molar-refractivity contribution in [2.24, 2.45) is 4.99 Å². The molecule has 4 aromatic carbocycles. The van der Waals surface area contributed by atoms with E-state index >= 15 is 0 Å². The highest BCUT2D eigenvalue weighted by Crippen LogP contribution is 2.33. The van der Waals surface area contributed by atoms with Gasteiger partial charge in [0, 0.05) is 0 Å². The Balaban J connectivity index is 1.32. The average Bonchev–Trinajstić information content (AvgIpc) is 3.22. The summed E-state index contributed by atoms with van der Waals surface area (Å²) in [7, 11) is 1.61. The molecular weight excluding hydrogens is 456 g/mol. The van der Waals surface area contributed by atoms with Gasteiger partial charge in [-0.15, -0.1) is 0 Å². The van der Waals surface area contributed by atoms with E-state index in [1.165, 1.54) is 22.5 Å². The number of aryl methyl sites for hydroxylation is 1. The molecule has 0 aromatic heterocycles. The predicted molar refractivity (Wildman–Crippen MR) is 143 cm³/mol. The van der Waals surface area contributed by atoms with Crippen LogP contribution < -0.4 is 14.8 Å². The molecule has 0 atom stereocenters. The van der Waals surface area contributed by atoms with Crippen molar-refractivity contribution in [3.05, 3.63) is 107 Å². The number of carbonyl (C=O) groups is 1. The van der Waals surface area contributed by atoms with Crippen LogP contribution in [0.15, 0.2) is 94.8 Å². The number of carbonyl (C=O) groups excluding carboxylic acids is 1. The topological polar surface area (TPSA) is 59.9 Å². The third-order valence-electron chi connectivity index (χ3n) is 5.66. The molecule has 35 heavy (non-hydrogen) atoms. The van der Waals surface area contributed by atoms with Crippen LogP contribution in [0.5, 0.6) is 11.5 Å². The van der Waals surface area contributed by atoms with Crippen molar-refractivity contribution < 1.29 is 14.3 Å². The maximum atomic E-state index is 12.5. The molecule has 174 valence electrons. The molecule has 1 amide bonds. The van der Waals surface area contributed by atoms with E-state index in [9.17, 15) is 4.79 Å². The maximum absolute atomic E-state index is 12.5. The fourth-order valence-electron chi connectivity index (χ4n) is 3.84. The number of nitrogens with zero attached hydrogens (tertiary/aromatic N) is 1. The fraction of sp³-hybridized carbons (Fsp3) is 0.103. The molecule has 1 fully saturated rings. The Kier molecular flexibility index (Phi) is 6.55. The molecule has 1 saturated heterocycles. The minimum absolute atomic E-state index is 0.170. The van der Waals surface area contributed by atoms with E-state index in [-0.39, 0.29) is 5.91 Å². The molecule has 1 aliphatic heterocycles. The van der Waals surface area contributed by atoms with Crippen LogP contribution >= 0.6 is 11.8 Å². The SMILES string of the molecule is COc1cc(/C=C2/SC(=Nc3ccc(C)cc3)NC2=O)ccc1OCc1cccc2ccccc12. The first-order valence-electron chi connectivity index (χ1n) is 11.2. The summed E-state index contributed by atoms with van der Waals surface area (Å²) in [5, 5.41) is 5.74. The van der Waals surface area contributed by atoms with Crippen molar-refractivity contribution in [1.29, 1.82) is 0 Å². The number of amides is 1. The lowest BCUT2D eigenvalue weighted by molar-refractivity contribution is -0.115. The van der Waals surface area contributed by atoms with Gasteiger partial charge in [-0.05, 0) is 70.9 Å². The highest BCUT2D eigenvalue weighted by molar-refractivity contribution is 8.18. The van der Waals surface area contributed by atoms with Crippen molar-refractivity contribution in [3.8, 4) is 11.5 Å². The van der Waals surface area contributed by atoms with Crippen LogP contribution in [-0.2, 0) is 11.4 Å². The number of hydrogen-bond acceptors (Lipinski definition) is 5. The van der Waals surface area contributed by atoms with Crippen LogP contribution in [0.1, 0.15) is 16.7 Å². The summed E-state index contributed by atoms with van der Waals surface area (Å²) in [4.78, 5) is 17.6. The third-order valence-corrected chi connectivity index (χ3v) is 6.57. The van der Waals surface area contributed by atoms with Crippen LogP contribution in [0, 0.1) is 6.92 Å². The van der Waals surface area contributed by atoms with Gasteiger partial charge in [-0.1, -0.05) is 66.2 Å². The molecule has 0 unspecified atom stereocenters. The normalized spacial score (nSPS) is 15.5. The zero-order valence-electron chi connectivity index (χ0n) is 19.4. The van der Waals surface area contributed by atoms with E-state index in [0.29, 0.717) is 28.2 Å². The first-order valence-corrected chi connectivity index (χ1v) is 12.0. The first kappa shape index (κ1) is 22.7. The quantitative estimate of drug-likeness (QED) is 0.315. The lowest BCUT2D eigenvalue weighted by Crippen LogP contribution is -2.19. The second kappa shape index (κ2) is 10.1. The highest BCUT2D eigenvalue weighted by Gasteiger charge is 2.24. The summed E-state index contributed by atoms with van der Waals surface area (Å²) in [5.74, 6) is 1.08. The van der Waals surface area contributed by atoms with Gasteiger partial charge >= 0.3 is 0 Å². The van der Waals surface area contributed by atoms with Crippen molar-refractivity contribution in [3.63, 3.8) is 0 Å². The third kappa shape index (κ3) is 5.23. The van der Waals surface area contributed by atoms with Crippen molar-refractivity contribution in [2.45, 2.75) is 13.5 Å². The standard InChI is InChI=1S/C29H24N2O3S/c1-19-10-13-23(14-11-19)30-29-31-28(32)27(35-29)17-20-12-15-25(26(16-20)33-2)34-18-22-8-5-7-21-6-3-4-9-24(21)22/h3-17H,18H2,1-2H3,(H,30,31,32)/b27-17+. The number of methoxy groups -OCH3 is 1. The van der Waals surface area contributed by atoms with Gasteiger partial charge < -0.3 is 14.8 Å². The molecule has 4 aromatic rings. The first-order chi connectivity index (χ1) is 17.1. The van der Waals surface area contributed by atoms with Crippen LogP contribution in [0.25, 0.3) is 16.8 Å². The Bertz CT molecular complexity index is 1450. The number of rotatable bonds is 6. The number of benzene rings is 4. The van der Waals surface area contributed by atoms with Gasteiger partial charge in [0.2, 0.25) is 0 Å². The van der Waals surface area contributed by atoms with Gasteiger partial charge in [0.15, 0.2) is 16.7 Å². The lowest BCUT2D eigenvalue weighted by Gasteiger charge is -2.13. The van der Waals surface area contributed by atoms with Gasteiger partial charge in [0.25, 0.3) is 5.91 Å². The van der Waals surface area contributed by atoms with Gasteiger partial charge in [-0.2, -0.15) is 0 Å². The summed E-state index contributed by atoms with van der Waals surface area (Å²) < 4.78 is 11.7.